The summed E-state index contributed by atoms with van der Waals surface area (Å²) >= 11 is 0. The molecule has 1 aromatic heterocycles. The Morgan fingerprint density at radius 2 is 2.31 bits per heavy atom. The first-order chi connectivity index (χ1) is 6.36. The van der Waals surface area contributed by atoms with Crippen molar-refractivity contribution in [2.24, 2.45) is 0 Å². The zero-order valence-electron chi connectivity index (χ0n) is 6.88. The zero-order chi connectivity index (χ0) is 8.84. The topological polar surface area (TPSA) is 28.3 Å². The smallest absolute Gasteiger partial charge is 0.132 e. The summed E-state index contributed by atoms with van der Waals surface area (Å²) in [5.41, 5.74) is 1.78. The van der Waals surface area contributed by atoms with Crippen LogP contribution in [0.3, 0.4) is 0 Å². The van der Waals surface area contributed by atoms with Gasteiger partial charge in [-0.15, -0.1) is 0 Å². The third-order valence-electron chi connectivity index (χ3n) is 2.37. The highest BCUT2D eigenvalue weighted by Crippen LogP contribution is 2.35. The van der Waals surface area contributed by atoms with Crippen molar-refractivity contribution >= 4 is 10.9 Å². The first kappa shape index (κ1) is 7.09. The average Bonchev–Trinajstić information content (AvgIpc) is 2.87. The van der Waals surface area contributed by atoms with E-state index in [9.17, 15) is 4.39 Å². The predicted molar refractivity (Wildman–Crippen MR) is 46.9 cm³/mol. The zero-order valence-corrected chi connectivity index (χ0v) is 6.88. The standard InChI is InChI=1S/C10H8FNO/c11-7-2-1-3-8-10(7)6(4-12-8)9-5-13-9/h1-4,9,12H,5H2/t9-/m0/s1. The van der Waals surface area contributed by atoms with Gasteiger partial charge in [0.25, 0.3) is 0 Å². The van der Waals surface area contributed by atoms with Crippen LogP contribution < -0.4 is 0 Å². The lowest BCUT2D eigenvalue weighted by atomic mass is 10.1. The molecule has 66 valence electrons. The summed E-state index contributed by atoms with van der Waals surface area (Å²) < 4.78 is 18.5. The highest BCUT2D eigenvalue weighted by Gasteiger charge is 2.28. The van der Waals surface area contributed by atoms with E-state index in [1.165, 1.54) is 6.07 Å². The molecule has 0 amide bonds. The fourth-order valence-electron chi connectivity index (χ4n) is 1.65. The van der Waals surface area contributed by atoms with Crippen molar-refractivity contribution in [2.45, 2.75) is 6.10 Å². The van der Waals surface area contributed by atoms with Crippen LogP contribution in [0.4, 0.5) is 4.39 Å². The number of hydrogen-bond acceptors (Lipinski definition) is 1. The quantitative estimate of drug-likeness (QED) is 0.665. The third kappa shape index (κ3) is 0.971. The van der Waals surface area contributed by atoms with Gasteiger partial charge in [-0.2, -0.15) is 0 Å². The molecular weight excluding hydrogens is 169 g/mol. The van der Waals surface area contributed by atoms with Gasteiger partial charge in [0.15, 0.2) is 0 Å². The molecule has 2 heterocycles. The van der Waals surface area contributed by atoms with E-state index >= 15 is 0 Å². The van der Waals surface area contributed by atoms with Gasteiger partial charge in [0.2, 0.25) is 0 Å². The Balaban J connectivity index is 2.34. The molecule has 2 nitrogen and oxygen atoms in total. The normalized spacial score (nSPS) is 20.8. The van der Waals surface area contributed by atoms with Crippen LogP contribution in [0.5, 0.6) is 0 Å². The number of rotatable bonds is 1. The van der Waals surface area contributed by atoms with Gasteiger partial charge in [0, 0.05) is 22.7 Å². The molecule has 0 saturated carbocycles. The third-order valence-corrected chi connectivity index (χ3v) is 2.37. The lowest BCUT2D eigenvalue weighted by Gasteiger charge is -1.94. The lowest BCUT2D eigenvalue weighted by molar-refractivity contribution is 0.416. The Morgan fingerprint density at radius 1 is 1.46 bits per heavy atom. The van der Waals surface area contributed by atoms with Crippen molar-refractivity contribution in [1.82, 2.24) is 4.98 Å². The number of aromatic nitrogens is 1. The molecule has 0 bridgehead atoms. The van der Waals surface area contributed by atoms with Crippen LogP contribution >= 0.6 is 0 Å². The van der Waals surface area contributed by atoms with Gasteiger partial charge in [-0.1, -0.05) is 6.07 Å². The number of halogens is 1. The van der Waals surface area contributed by atoms with Gasteiger partial charge >= 0.3 is 0 Å². The molecule has 3 heteroatoms. The van der Waals surface area contributed by atoms with Crippen molar-refractivity contribution < 1.29 is 9.13 Å². The van der Waals surface area contributed by atoms with E-state index in [1.807, 2.05) is 12.3 Å². The van der Waals surface area contributed by atoms with Crippen LogP contribution in [0.15, 0.2) is 24.4 Å². The Kier molecular flexibility index (Phi) is 1.27. The Bertz CT molecular complexity index is 459. The highest BCUT2D eigenvalue weighted by atomic mass is 19.1. The van der Waals surface area contributed by atoms with Gasteiger partial charge in [-0.3, -0.25) is 0 Å². The summed E-state index contributed by atoms with van der Waals surface area (Å²) in [6.07, 6.45) is 1.93. The number of H-pyrrole nitrogens is 1. The molecule has 1 atom stereocenters. The molecule has 2 aromatic rings. The number of ether oxygens (including phenoxy) is 1. The van der Waals surface area contributed by atoms with E-state index in [2.05, 4.69) is 4.98 Å². The van der Waals surface area contributed by atoms with E-state index in [0.29, 0.717) is 12.0 Å². The van der Waals surface area contributed by atoms with Crippen LogP contribution in [0.2, 0.25) is 0 Å². The van der Waals surface area contributed by atoms with Gasteiger partial charge in [-0.25, -0.2) is 4.39 Å². The number of benzene rings is 1. The molecule has 0 spiro atoms. The largest absolute Gasteiger partial charge is 0.368 e. The minimum atomic E-state index is -0.177. The molecule has 13 heavy (non-hydrogen) atoms. The maximum absolute atomic E-state index is 13.4. The summed E-state index contributed by atoms with van der Waals surface area (Å²) in [7, 11) is 0. The van der Waals surface area contributed by atoms with E-state index in [4.69, 9.17) is 4.74 Å². The van der Waals surface area contributed by atoms with Crippen molar-refractivity contribution in [3.8, 4) is 0 Å². The molecule has 0 aliphatic carbocycles. The maximum Gasteiger partial charge on any atom is 0.132 e. The number of fused-ring (bicyclic) bond motifs is 1. The first-order valence-electron chi connectivity index (χ1n) is 4.23. The fourth-order valence-corrected chi connectivity index (χ4v) is 1.65. The molecule has 1 aliphatic heterocycles. The van der Waals surface area contributed by atoms with Crippen LogP contribution in [0, 0.1) is 5.82 Å². The number of nitrogens with one attached hydrogen (secondary N) is 1. The maximum atomic E-state index is 13.4. The molecule has 0 radical (unpaired) electrons. The molecule has 1 saturated heterocycles. The number of aromatic amines is 1. The molecule has 3 rings (SSSR count). The second kappa shape index (κ2) is 2.33. The second-order valence-corrected chi connectivity index (χ2v) is 3.23. The second-order valence-electron chi connectivity index (χ2n) is 3.23. The van der Waals surface area contributed by atoms with E-state index in [1.54, 1.807) is 6.07 Å². The molecule has 1 N–H and O–H groups in total. The van der Waals surface area contributed by atoms with Crippen LogP contribution in [0.1, 0.15) is 11.7 Å². The minimum absolute atomic E-state index is 0.102. The van der Waals surface area contributed by atoms with Crippen LogP contribution in [-0.2, 0) is 4.74 Å². The Morgan fingerprint density at radius 3 is 3.08 bits per heavy atom. The van der Waals surface area contributed by atoms with Gasteiger partial charge in [0.05, 0.1) is 6.61 Å². The highest BCUT2D eigenvalue weighted by molar-refractivity contribution is 5.84. The molecule has 0 unspecified atom stereocenters. The van der Waals surface area contributed by atoms with Gasteiger partial charge in [-0.05, 0) is 12.1 Å². The number of epoxide rings is 1. The Hall–Kier alpha value is -1.35. The monoisotopic (exact) mass is 177 g/mol. The van der Waals surface area contributed by atoms with Crippen molar-refractivity contribution in [3.05, 3.63) is 35.8 Å². The number of hydrogen-bond donors (Lipinski definition) is 1. The average molecular weight is 177 g/mol. The predicted octanol–water partition coefficient (Wildman–Crippen LogP) is 2.38. The Labute approximate surface area is 74.3 Å². The van der Waals surface area contributed by atoms with Gasteiger partial charge < -0.3 is 9.72 Å². The SMILES string of the molecule is Fc1cccc2[nH]cc([C@@H]3CO3)c12. The van der Waals surface area contributed by atoms with Crippen molar-refractivity contribution in [3.63, 3.8) is 0 Å². The molecule has 1 aromatic carbocycles. The molecule has 1 aliphatic rings. The summed E-state index contributed by atoms with van der Waals surface area (Å²) in [6.45, 7) is 0.710. The molecular formula is C10H8FNO. The fraction of sp³-hybridized carbons (Fsp3) is 0.200. The lowest BCUT2D eigenvalue weighted by Crippen LogP contribution is -1.80. The summed E-state index contributed by atoms with van der Waals surface area (Å²) in [4.78, 5) is 3.03. The van der Waals surface area contributed by atoms with E-state index in [-0.39, 0.29) is 11.9 Å². The van der Waals surface area contributed by atoms with Crippen molar-refractivity contribution in [1.29, 1.82) is 0 Å². The minimum Gasteiger partial charge on any atom is -0.368 e. The van der Waals surface area contributed by atoms with Crippen molar-refractivity contribution in [2.75, 3.05) is 6.61 Å². The summed E-state index contributed by atoms with van der Waals surface area (Å²) in [6, 6.07) is 5.04. The summed E-state index contributed by atoms with van der Waals surface area (Å²) in [5, 5.41) is 0.671. The first-order valence-corrected chi connectivity index (χ1v) is 4.23. The van der Waals surface area contributed by atoms with Crippen LogP contribution in [-0.4, -0.2) is 11.6 Å². The van der Waals surface area contributed by atoms with Gasteiger partial charge in [0.1, 0.15) is 11.9 Å². The molecule has 1 fully saturated rings. The summed E-state index contributed by atoms with van der Waals surface area (Å²) in [5.74, 6) is -0.177. The van der Waals surface area contributed by atoms with E-state index < -0.39 is 0 Å². The van der Waals surface area contributed by atoms with E-state index in [0.717, 1.165) is 11.1 Å². The van der Waals surface area contributed by atoms with Crippen LogP contribution in [0.25, 0.3) is 10.9 Å².